The fourth-order valence-corrected chi connectivity index (χ4v) is 5.26. The Bertz CT molecular complexity index is 967. The van der Waals surface area contributed by atoms with Gasteiger partial charge in [0.1, 0.15) is 0 Å². The van der Waals surface area contributed by atoms with Gasteiger partial charge in [-0.15, -0.1) is 6.58 Å². The van der Waals surface area contributed by atoms with E-state index >= 15 is 0 Å². The highest BCUT2D eigenvalue weighted by Gasteiger charge is 2.24. The Kier molecular flexibility index (Phi) is 7.87. The Balaban J connectivity index is 1.63. The highest BCUT2D eigenvalue weighted by molar-refractivity contribution is 7.92. The van der Waals surface area contributed by atoms with E-state index in [9.17, 15) is 13.2 Å². The molecule has 1 N–H and O–H groups in total. The van der Waals surface area contributed by atoms with E-state index in [2.05, 4.69) is 23.8 Å². The quantitative estimate of drug-likeness (QED) is 0.605. The maximum atomic E-state index is 13.0. The first kappa shape index (κ1) is 23.0. The summed E-state index contributed by atoms with van der Waals surface area (Å²) in [5, 5.41) is 2.99. The average Bonchev–Trinajstić information content (AvgIpc) is 2.79. The number of sulfonamides is 1. The number of nitrogens with one attached hydrogen (secondary N) is 1. The van der Waals surface area contributed by atoms with Crippen molar-refractivity contribution in [1.82, 2.24) is 10.2 Å². The van der Waals surface area contributed by atoms with E-state index in [4.69, 9.17) is 0 Å². The molecule has 2 aromatic carbocycles. The molecule has 166 valence electrons. The van der Waals surface area contributed by atoms with Gasteiger partial charge in [-0.2, -0.15) is 0 Å². The van der Waals surface area contributed by atoms with Gasteiger partial charge < -0.3 is 10.2 Å². The molecule has 0 radical (unpaired) electrons. The van der Waals surface area contributed by atoms with Crippen LogP contribution in [0.25, 0.3) is 0 Å². The van der Waals surface area contributed by atoms with Crippen LogP contribution in [0.1, 0.15) is 29.6 Å². The zero-order valence-electron chi connectivity index (χ0n) is 18.0. The summed E-state index contributed by atoms with van der Waals surface area (Å²) in [5.74, 6) is 0.523. The minimum Gasteiger partial charge on any atom is -0.352 e. The third-order valence-electron chi connectivity index (χ3n) is 5.72. The van der Waals surface area contributed by atoms with Crippen LogP contribution in [0.3, 0.4) is 0 Å². The van der Waals surface area contributed by atoms with Crippen molar-refractivity contribution in [3.8, 4) is 0 Å². The maximum absolute atomic E-state index is 13.0. The molecule has 1 saturated heterocycles. The molecule has 0 spiro atoms. The number of piperidine rings is 1. The predicted molar refractivity (Wildman–Crippen MR) is 125 cm³/mol. The molecular formula is C24H31N3O3S. The molecule has 0 saturated carbocycles. The third kappa shape index (κ3) is 5.95. The largest absolute Gasteiger partial charge is 0.352 e. The second kappa shape index (κ2) is 10.6. The SMILES string of the molecule is C=CCN(c1ccc(C(=O)NCCC2CCN(C)CC2)cc1)S(=O)(=O)c1ccccc1. The average molecular weight is 442 g/mol. The molecule has 0 unspecified atom stereocenters. The summed E-state index contributed by atoms with van der Waals surface area (Å²) >= 11 is 0. The lowest BCUT2D eigenvalue weighted by molar-refractivity contribution is 0.0949. The second-order valence-electron chi connectivity index (χ2n) is 7.98. The van der Waals surface area contributed by atoms with Gasteiger partial charge in [-0.3, -0.25) is 9.10 Å². The Morgan fingerprint density at radius 1 is 1.13 bits per heavy atom. The van der Waals surface area contributed by atoms with E-state index in [1.54, 1.807) is 60.7 Å². The van der Waals surface area contributed by atoms with Crippen molar-refractivity contribution in [2.75, 3.05) is 37.5 Å². The third-order valence-corrected chi connectivity index (χ3v) is 7.53. The predicted octanol–water partition coefficient (Wildman–Crippen LogP) is 3.53. The van der Waals surface area contributed by atoms with Crippen molar-refractivity contribution >= 4 is 21.6 Å². The summed E-state index contributed by atoms with van der Waals surface area (Å²) in [6.07, 6.45) is 4.89. The Hall–Kier alpha value is -2.64. The first-order chi connectivity index (χ1) is 14.9. The smallest absolute Gasteiger partial charge is 0.264 e. The molecule has 1 aliphatic rings. The molecule has 0 aromatic heterocycles. The summed E-state index contributed by atoms with van der Waals surface area (Å²) in [6.45, 7) is 6.71. The van der Waals surface area contributed by atoms with Gasteiger partial charge in [0.25, 0.3) is 15.9 Å². The van der Waals surface area contributed by atoms with Crippen LogP contribution in [0.2, 0.25) is 0 Å². The van der Waals surface area contributed by atoms with Gasteiger partial charge in [0, 0.05) is 12.1 Å². The normalized spacial score (nSPS) is 15.4. The Morgan fingerprint density at radius 3 is 2.39 bits per heavy atom. The molecule has 0 bridgehead atoms. The topological polar surface area (TPSA) is 69.7 Å². The molecule has 1 aliphatic heterocycles. The lowest BCUT2D eigenvalue weighted by Crippen LogP contribution is -2.33. The fraction of sp³-hybridized carbons (Fsp3) is 0.375. The maximum Gasteiger partial charge on any atom is 0.264 e. The second-order valence-corrected chi connectivity index (χ2v) is 9.84. The highest BCUT2D eigenvalue weighted by atomic mass is 32.2. The number of hydrogen-bond acceptors (Lipinski definition) is 4. The van der Waals surface area contributed by atoms with Crippen molar-refractivity contribution in [2.45, 2.75) is 24.2 Å². The molecular weight excluding hydrogens is 410 g/mol. The van der Waals surface area contributed by atoms with Crippen LogP contribution in [-0.4, -0.2) is 52.5 Å². The van der Waals surface area contributed by atoms with Gasteiger partial charge in [-0.25, -0.2) is 8.42 Å². The number of amides is 1. The highest BCUT2D eigenvalue weighted by Crippen LogP contribution is 2.24. The zero-order valence-corrected chi connectivity index (χ0v) is 18.9. The van der Waals surface area contributed by atoms with Crippen LogP contribution in [0.5, 0.6) is 0 Å². The lowest BCUT2D eigenvalue weighted by atomic mass is 9.94. The number of anilines is 1. The molecule has 1 fully saturated rings. The van der Waals surface area contributed by atoms with E-state index < -0.39 is 10.0 Å². The summed E-state index contributed by atoms with van der Waals surface area (Å²) in [7, 11) is -1.58. The molecule has 6 nitrogen and oxygen atoms in total. The molecule has 0 aliphatic carbocycles. The van der Waals surface area contributed by atoms with Gasteiger partial charge >= 0.3 is 0 Å². The van der Waals surface area contributed by atoms with Crippen molar-refractivity contribution in [3.05, 3.63) is 72.8 Å². The van der Waals surface area contributed by atoms with Gasteiger partial charge in [-0.1, -0.05) is 24.3 Å². The molecule has 7 heteroatoms. The number of benzene rings is 2. The van der Waals surface area contributed by atoms with Crippen LogP contribution in [-0.2, 0) is 10.0 Å². The summed E-state index contributed by atoms with van der Waals surface area (Å²) in [6, 6.07) is 14.9. The first-order valence-corrected chi connectivity index (χ1v) is 12.1. The fourth-order valence-electron chi connectivity index (χ4n) is 3.80. The van der Waals surface area contributed by atoms with Crippen LogP contribution in [0.15, 0.2) is 72.1 Å². The molecule has 3 rings (SSSR count). The monoisotopic (exact) mass is 441 g/mol. The van der Waals surface area contributed by atoms with Crippen molar-refractivity contribution in [3.63, 3.8) is 0 Å². The standard InChI is InChI=1S/C24H31N3O3S/c1-3-17-27(31(29,30)23-7-5-4-6-8-23)22-11-9-21(10-12-22)24(28)25-16-13-20-14-18-26(2)19-15-20/h3-12,20H,1,13-19H2,2H3,(H,25,28). The minimum absolute atomic E-state index is 0.138. The van der Waals surface area contributed by atoms with Crippen LogP contribution < -0.4 is 9.62 Å². The van der Waals surface area contributed by atoms with Gasteiger partial charge in [-0.05, 0) is 81.7 Å². The van der Waals surface area contributed by atoms with E-state index in [0.29, 0.717) is 23.7 Å². The molecule has 0 atom stereocenters. The van der Waals surface area contributed by atoms with Gasteiger partial charge in [0.2, 0.25) is 0 Å². The Morgan fingerprint density at radius 2 is 1.77 bits per heavy atom. The number of likely N-dealkylation sites (tertiary alicyclic amines) is 1. The van der Waals surface area contributed by atoms with Gasteiger partial charge in [0.05, 0.1) is 17.1 Å². The first-order valence-electron chi connectivity index (χ1n) is 10.7. The minimum atomic E-state index is -3.72. The number of carbonyl (C=O) groups excluding carboxylic acids is 1. The van der Waals surface area contributed by atoms with E-state index in [0.717, 1.165) is 19.5 Å². The van der Waals surface area contributed by atoms with Crippen molar-refractivity contribution in [1.29, 1.82) is 0 Å². The Labute approximate surface area is 185 Å². The van der Waals surface area contributed by atoms with E-state index in [1.165, 1.54) is 17.1 Å². The molecule has 1 amide bonds. The van der Waals surface area contributed by atoms with Gasteiger partial charge in [0.15, 0.2) is 0 Å². The number of hydrogen-bond donors (Lipinski definition) is 1. The van der Waals surface area contributed by atoms with Crippen LogP contribution in [0, 0.1) is 5.92 Å². The lowest BCUT2D eigenvalue weighted by Gasteiger charge is -2.28. The number of rotatable bonds is 9. The number of nitrogens with zero attached hydrogens (tertiary/aromatic N) is 2. The molecule has 2 aromatic rings. The zero-order chi connectivity index (χ0) is 22.3. The molecule has 1 heterocycles. The van der Waals surface area contributed by atoms with E-state index in [-0.39, 0.29) is 17.3 Å². The summed E-state index contributed by atoms with van der Waals surface area (Å²) < 4.78 is 27.4. The number of carbonyl (C=O) groups is 1. The summed E-state index contributed by atoms with van der Waals surface area (Å²) in [4.78, 5) is 15.0. The van der Waals surface area contributed by atoms with Crippen molar-refractivity contribution in [2.24, 2.45) is 5.92 Å². The van der Waals surface area contributed by atoms with E-state index in [1.807, 2.05) is 0 Å². The van der Waals surface area contributed by atoms with Crippen LogP contribution in [0.4, 0.5) is 5.69 Å². The summed E-state index contributed by atoms with van der Waals surface area (Å²) in [5.41, 5.74) is 1.01. The molecule has 31 heavy (non-hydrogen) atoms. The van der Waals surface area contributed by atoms with Crippen molar-refractivity contribution < 1.29 is 13.2 Å². The van der Waals surface area contributed by atoms with Crippen LogP contribution >= 0.6 is 0 Å².